The molecule has 4 aromatic rings. The number of aromatic nitrogens is 2. The van der Waals surface area contributed by atoms with E-state index in [1.165, 1.54) is 7.11 Å². The number of carbonyl (C=O) groups excluding carboxylic acids is 3. The van der Waals surface area contributed by atoms with Crippen LogP contribution in [0.25, 0.3) is 33.5 Å². The Kier molecular flexibility index (Phi) is 9.95. The third-order valence-corrected chi connectivity index (χ3v) is 9.14. The first-order chi connectivity index (χ1) is 21.7. The second kappa shape index (κ2) is 14.0. The highest BCUT2D eigenvalue weighted by atomic mass is 32.1. The quantitative estimate of drug-likeness (QED) is 0.130. The van der Waals surface area contributed by atoms with Gasteiger partial charge in [-0.2, -0.15) is 0 Å². The highest BCUT2D eigenvalue weighted by molar-refractivity contribution is 7.13. The molecular weight excluding hydrogens is 586 g/mol. The normalized spacial score (nSPS) is 13.3. The molecular formula is C35H39N5O4S. The van der Waals surface area contributed by atoms with Crippen LogP contribution in [0.1, 0.15) is 58.7 Å². The summed E-state index contributed by atoms with van der Waals surface area (Å²) in [6.07, 6.45) is 2.80. The largest absolute Gasteiger partial charge is 0.469 e. The number of esters is 1. The lowest BCUT2D eigenvalue weighted by molar-refractivity contribution is -0.140. The Balaban J connectivity index is 1.35. The Bertz CT molecular complexity index is 1750. The van der Waals surface area contributed by atoms with Gasteiger partial charge in [0, 0.05) is 58.7 Å². The molecule has 0 radical (unpaired) electrons. The van der Waals surface area contributed by atoms with Crippen molar-refractivity contribution in [2.45, 2.75) is 40.5 Å². The van der Waals surface area contributed by atoms with Crippen LogP contribution in [0, 0.1) is 13.8 Å². The van der Waals surface area contributed by atoms with E-state index in [0.717, 1.165) is 75.2 Å². The number of ether oxygens (including phenoxy) is 1. The molecule has 9 nitrogen and oxygen atoms in total. The standard InChI is InChI=1S/C35H39N5O4S/c1-6-40(7-2)17-16-36-34(43)32-21(3)29(37-22(32)4)19-27-26-18-25(13-14-28(26)38-33(27)42)30-20-45-35(39-30)24-11-8-23(9-12-24)10-15-31(41)44-5/h8-9,11-14,18-20,37H,6-7,10,15-17H2,1-5H3,(H,36,43)(H,38,42)/b27-19-. The Morgan fingerprint density at radius 1 is 1.07 bits per heavy atom. The number of carbonyl (C=O) groups is 3. The lowest BCUT2D eigenvalue weighted by Crippen LogP contribution is -2.35. The van der Waals surface area contributed by atoms with Crippen LogP contribution in [0.15, 0.2) is 47.8 Å². The van der Waals surface area contributed by atoms with Gasteiger partial charge in [-0.05, 0) is 62.7 Å². The SMILES string of the molecule is CCN(CC)CCNC(=O)c1c(C)[nH]c(/C=C2\C(=O)Nc3ccc(-c4csc(-c5ccc(CCC(=O)OC)cc5)n4)cc32)c1C. The number of aryl methyl sites for hydroxylation is 2. The third kappa shape index (κ3) is 7.08. The molecule has 234 valence electrons. The average Bonchev–Trinajstić information content (AvgIpc) is 3.73. The Morgan fingerprint density at radius 3 is 2.51 bits per heavy atom. The molecule has 1 aliphatic heterocycles. The van der Waals surface area contributed by atoms with Crippen molar-refractivity contribution >= 4 is 46.5 Å². The molecule has 0 atom stereocenters. The number of H-pyrrole nitrogens is 1. The van der Waals surface area contributed by atoms with Crippen molar-refractivity contribution < 1.29 is 19.1 Å². The molecule has 0 spiro atoms. The zero-order valence-corrected chi connectivity index (χ0v) is 27.2. The van der Waals surface area contributed by atoms with Crippen LogP contribution >= 0.6 is 11.3 Å². The first-order valence-electron chi connectivity index (χ1n) is 15.2. The van der Waals surface area contributed by atoms with Crippen LogP contribution in [-0.4, -0.2) is 65.9 Å². The van der Waals surface area contributed by atoms with Crippen molar-refractivity contribution in [3.63, 3.8) is 0 Å². The fraction of sp³-hybridized carbons (Fsp3) is 0.314. The summed E-state index contributed by atoms with van der Waals surface area (Å²) in [5.74, 6) is -0.530. The fourth-order valence-electron chi connectivity index (χ4n) is 5.55. The van der Waals surface area contributed by atoms with E-state index < -0.39 is 0 Å². The monoisotopic (exact) mass is 625 g/mol. The summed E-state index contributed by atoms with van der Waals surface area (Å²) in [6.45, 7) is 11.2. The van der Waals surface area contributed by atoms with Gasteiger partial charge < -0.3 is 25.3 Å². The van der Waals surface area contributed by atoms with Crippen LogP contribution in [0.5, 0.6) is 0 Å². The molecule has 3 N–H and O–H groups in total. The number of likely N-dealkylation sites (N-methyl/N-ethyl adjacent to an activating group) is 1. The minimum atomic E-state index is -0.222. The maximum atomic E-state index is 13.1. The Morgan fingerprint density at radius 2 is 1.80 bits per heavy atom. The molecule has 45 heavy (non-hydrogen) atoms. The first-order valence-corrected chi connectivity index (χ1v) is 16.1. The van der Waals surface area contributed by atoms with Gasteiger partial charge in [-0.1, -0.05) is 44.2 Å². The van der Waals surface area contributed by atoms with Crippen molar-refractivity contribution in [3.05, 3.63) is 81.5 Å². The number of anilines is 1. The number of benzene rings is 2. The van der Waals surface area contributed by atoms with Crippen molar-refractivity contribution in [1.29, 1.82) is 0 Å². The number of amides is 2. The molecule has 2 aromatic carbocycles. The molecule has 0 bridgehead atoms. The van der Waals surface area contributed by atoms with Crippen LogP contribution in [0.3, 0.4) is 0 Å². The average molecular weight is 626 g/mol. The van der Waals surface area contributed by atoms with Gasteiger partial charge in [0.05, 0.1) is 23.9 Å². The number of nitrogens with zero attached hydrogens (tertiary/aromatic N) is 2. The minimum Gasteiger partial charge on any atom is -0.469 e. The molecule has 5 rings (SSSR count). The molecule has 10 heteroatoms. The van der Waals surface area contributed by atoms with Crippen LogP contribution in [-0.2, 0) is 20.7 Å². The van der Waals surface area contributed by atoms with E-state index in [1.54, 1.807) is 11.3 Å². The molecule has 1 aliphatic rings. The van der Waals surface area contributed by atoms with Crippen molar-refractivity contribution in [2.24, 2.45) is 0 Å². The van der Waals surface area contributed by atoms with Crippen molar-refractivity contribution in [3.8, 4) is 21.8 Å². The summed E-state index contributed by atoms with van der Waals surface area (Å²) in [5.41, 5.74) is 8.75. The highest BCUT2D eigenvalue weighted by Crippen LogP contribution is 2.38. The maximum Gasteiger partial charge on any atom is 0.305 e. The van der Waals surface area contributed by atoms with E-state index >= 15 is 0 Å². The van der Waals surface area contributed by atoms with Gasteiger partial charge in [-0.15, -0.1) is 11.3 Å². The number of fused-ring (bicyclic) bond motifs is 1. The second-order valence-electron chi connectivity index (χ2n) is 11.0. The van der Waals surface area contributed by atoms with Gasteiger partial charge in [-0.25, -0.2) is 4.98 Å². The number of hydrogen-bond donors (Lipinski definition) is 3. The summed E-state index contributed by atoms with van der Waals surface area (Å²) in [4.78, 5) is 48.1. The Labute approximate surface area is 267 Å². The fourth-order valence-corrected chi connectivity index (χ4v) is 6.39. The summed E-state index contributed by atoms with van der Waals surface area (Å²) in [5, 5.41) is 8.90. The number of thiazole rings is 1. The molecule has 2 amide bonds. The van der Waals surface area contributed by atoms with Crippen molar-refractivity contribution in [2.75, 3.05) is 38.6 Å². The number of nitrogens with one attached hydrogen (secondary N) is 3. The molecule has 3 heterocycles. The minimum absolute atomic E-state index is 0.119. The predicted molar refractivity (Wildman–Crippen MR) is 180 cm³/mol. The third-order valence-electron chi connectivity index (χ3n) is 8.25. The van der Waals surface area contributed by atoms with Gasteiger partial charge in [0.2, 0.25) is 0 Å². The van der Waals surface area contributed by atoms with Gasteiger partial charge in [-0.3, -0.25) is 14.4 Å². The highest BCUT2D eigenvalue weighted by Gasteiger charge is 2.26. The van der Waals surface area contributed by atoms with Crippen LogP contribution < -0.4 is 10.6 Å². The van der Waals surface area contributed by atoms with E-state index in [9.17, 15) is 14.4 Å². The van der Waals surface area contributed by atoms with Gasteiger partial charge in [0.25, 0.3) is 11.8 Å². The smallest absolute Gasteiger partial charge is 0.305 e. The van der Waals surface area contributed by atoms with Crippen LogP contribution in [0.4, 0.5) is 5.69 Å². The maximum absolute atomic E-state index is 13.1. The van der Waals surface area contributed by atoms with E-state index in [1.807, 2.05) is 67.8 Å². The lowest BCUT2D eigenvalue weighted by atomic mass is 10.0. The lowest BCUT2D eigenvalue weighted by Gasteiger charge is -2.18. The van der Waals surface area contributed by atoms with Gasteiger partial charge >= 0.3 is 5.97 Å². The summed E-state index contributed by atoms with van der Waals surface area (Å²) < 4.78 is 4.73. The zero-order chi connectivity index (χ0) is 32.1. The first kappa shape index (κ1) is 31.9. The number of hydrogen-bond acceptors (Lipinski definition) is 7. The summed E-state index contributed by atoms with van der Waals surface area (Å²) >= 11 is 1.55. The Hall–Kier alpha value is -4.54. The number of rotatable bonds is 12. The molecule has 0 saturated heterocycles. The van der Waals surface area contributed by atoms with E-state index in [0.29, 0.717) is 30.5 Å². The van der Waals surface area contributed by atoms with E-state index in [-0.39, 0.29) is 17.8 Å². The molecule has 0 aliphatic carbocycles. The number of methoxy groups -OCH3 is 1. The summed E-state index contributed by atoms with van der Waals surface area (Å²) in [7, 11) is 1.40. The molecule has 2 aromatic heterocycles. The van der Waals surface area contributed by atoms with Gasteiger partial charge in [0.15, 0.2) is 0 Å². The molecule has 0 saturated carbocycles. The second-order valence-corrected chi connectivity index (χ2v) is 11.9. The molecule has 0 unspecified atom stereocenters. The van der Waals surface area contributed by atoms with Gasteiger partial charge in [0.1, 0.15) is 5.01 Å². The van der Waals surface area contributed by atoms with Crippen LogP contribution in [0.2, 0.25) is 0 Å². The predicted octanol–water partition coefficient (Wildman–Crippen LogP) is 6.09. The van der Waals surface area contributed by atoms with E-state index in [2.05, 4.69) is 34.4 Å². The molecule has 0 fully saturated rings. The number of aromatic amines is 1. The van der Waals surface area contributed by atoms with E-state index in [4.69, 9.17) is 9.72 Å². The van der Waals surface area contributed by atoms with Crippen molar-refractivity contribution in [1.82, 2.24) is 20.2 Å². The summed E-state index contributed by atoms with van der Waals surface area (Å²) in [6, 6.07) is 13.9. The topological polar surface area (TPSA) is 116 Å². The zero-order valence-electron chi connectivity index (χ0n) is 26.4.